The Labute approximate surface area is 95.4 Å². The van der Waals surface area contributed by atoms with Crippen molar-refractivity contribution in [3.8, 4) is 0 Å². The Morgan fingerprint density at radius 2 is 2.19 bits per heavy atom. The predicted molar refractivity (Wildman–Crippen MR) is 60.5 cm³/mol. The smallest absolute Gasteiger partial charge is 0.341 e. The standard InChI is InChI=1S/C12H18N2O2/c1-3-16-12(15)10-8(2)13-14-11(10)9-6-4-5-7-9/h9H,3-7H2,1-2H3,(H,13,14). The molecule has 0 aliphatic heterocycles. The molecule has 1 fully saturated rings. The van der Waals surface area contributed by atoms with Crippen molar-refractivity contribution >= 4 is 5.97 Å². The minimum absolute atomic E-state index is 0.240. The first-order valence-electron chi connectivity index (χ1n) is 5.96. The van der Waals surface area contributed by atoms with Crippen molar-refractivity contribution in [2.45, 2.75) is 45.4 Å². The van der Waals surface area contributed by atoms with Gasteiger partial charge in [0.05, 0.1) is 12.3 Å². The Bertz CT molecular complexity index is 378. The monoisotopic (exact) mass is 222 g/mol. The lowest BCUT2D eigenvalue weighted by Crippen LogP contribution is -2.09. The maximum atomic E-state index is 11.8. The van der Waals surface area contributed by atoms with E-state index in [1.54, 1.807) is 0 Å². The van der Waals surface area contributed by atoms with Crippen LogP contribution in [-0.4, -0.2) is 22.8 Å². The van der Waals surface area contributed by atoms with E-state index in [9.17, 15) is 4.79 Å². The Hall–Kier alpha value is -1.32. The van der Waals surface area contributed by atoms with E-state index in [1.807, 2.05) is 13.8 Å². The fraction of sp³-hybridized carbons (Fsp3) is 0.667. The molecule has 1 aliphatic rings. The van der Waals surface area contributed by atoms with Gasteiger partial charge in [-0.25, -0.2) is 4.79 Å². The molecule has 1 aromatic heterocycles. The molecule has 4 heteroatoms. The highest BCUT2D eigenvalue weighted by atomic mass is 16.5. The Morgan fingerprint density at radius 3 is 2.81 bits per heavy atom. The van der Waals surface area contributed by atoms with Gasteiger partial charge in [0.2, 0.25) is 0 Å². The van der Waals surface area contributed by atoms with E-state index in [4.69, 9.17) is 4.74 Å². The summed E-state index contributed by atoms with van der Waals surface area (Å²) < 4.78 is 5.07. The Morgan fingerprint density at radius 1 is 1.50 bits per heavy atom. The zero-order valence-electron chi connectivity index (χ0n) is 9.88. The van der Waals surface area contributed by atoms with Crippen molar-refractivity contribution < 1.29 is 9.53 Å². The molecular weight excluding hydrogens is 204 g/mol. The van der Waals surface area contributed by atoms with Gasteiger partial charge in [-0.15, -0.1) is 0 Å². The molecule has 2 rings (SSSR count). The minimum atomic E-state index is -0.240. The number of rotatable bonds is 3. The summed E-state index contributed by atoms with van der Waals surface area (Å²) in [5, 5.41) is 7.18. The quantitative estimate of drug-likeness (QED) is 0.799. The fourth-order valence-corrected chi connectivity index (χ4v) is 2.40. The number of aryl methyl sites for hydroxylation is 1. The number of H-pyrrole nitrogens is 1. The van der Waals surface area contributed by atoms with Crippen LogP contribution in [0.2, 0.25) is 0 Å². The molecule has 1 N–H and O–H groups in total. The molecule has 16 heavy (non-hydrogen) atoms. The normalized spacial score (nSPS) is 16.6. The molecule has 0 atom stereocenters. The van der Waals surface area contributed by atoms with Gasteiger partial charge in [0.1, 0.15) is 5.56 Å². The summed E-state index contributed by atoms with van der Waals surface area (Å²) in [6.45, 7) is 4.10. The van der Waals surface area contributed by atoms with Crippen molar-refractivity contribution in [1.82, 2.24) is 10.2 Å². The second-order valence-corrected chi connectivity index (χ2v) is 4.31. The van der Waals surface area contributed by atoms with Crippen LogP contribution in [0.1, 0.15) is 60.3 Å². The molecular formula is C12H18N2O2. The number of nitrogens with zero attached hydrogens (tertiary/aromatic N) is 1. The van der Waals surface area contributed by atoms with Crippen molar-refractivity contribution in [2.75, 3.05) is 6.61 Å². The highest BCUT2D eigenvalue weighted by molar-refractivity contribution is 5.92. The number of hydrogen-bond donors (Lipinski definition) is 1. The summed E-state index contributed by atoms with van der Waals surface area (Å²) in [7, 11) is 0. The number of ether oxygens (including phenoxy) is 1. The Balaban J connectivity index is 2.27. The lowest BCUT2D eigenvalue weighted by molar-refractivity contribution is 0.0523. The average Bonchev–Trinajstić information content (AvgIpc) is 2.86. The fourth-order valence-electron chi connectivity index (χ4n) is 2.40. The van der Waals surface area contributed by atoms with Crippen LogP contribution < -0.4 is 0 Å². The van der Waals surface area contributed by atoms with Crippen LogP contribution >= 0.6 is 0 Å². The van der Waals surface area contributed by atoms with E-state index >= 15 is 0 Å². The molecule has 1 aromatic rings. The van der Waals surface area contributed by atoms with Crippen molar-refractivity contribution in [2.24, 2.45) is 0 Å². The van der Waals surface area contributed by atoms with Gasteiger partial charge in [-0.2, -0.15) is 5.10 Å². The number of aromatic amines is 1. The van der Waals surface area contributed by atoms with Crippen molar-refractivity contribution in [3.63, 3.8) is 0 Å². The molecule has 0 radical (unpaired) electrons. The van der Waals surface area contributed by atoms with Gasteiger partial charge in [-0.05, 0) is 26.7 Å². The summed E-state index contributed by atoms with van der Waals surface area (Å²) in [5.74, 6) is 0.194. The third-order valence-corrected chi connectivity index (χ3v) is 3.20. The SMILES string of the molecule is CCOC(=O)c1c(C2CCCC2)n[nH]c1C. The van der Waals surface area contributed by atoms with Crippen LogP contribution in [0.15, 0.2) is 0 Å². The van der Waals surface area contributed by atoms with Gasteiger partial charge in [0.15, 0.2) is 0 Å². The second-order valence-electron chi connectivity index (χ2n) is 4.31. The van der Waals surface area contributed by atoms with E-state index in [-0.39, 0.29) is 5.97 Å². The van der Waals surface area contributed by atoms with Gasteiger partial charge in [0.25, 0.3) is 0 Å². The van der Waals surface area contributed by atoms with Crippen LogP contribution in [0.3, 0.4) is 0 Å². The molecule has 0 spiro atoms. The molecule has 0 unspecified atom stereocenters. The van der Waals surface area contributed by atoms with Gasteiger partial charge < -0.3 is 4.74 Å². The number of nitrogens with one attached hydrogen (secondary N) is 1. The summed E-state index contributed by atoms with van der Waals surface area (Å²) in [6, 6.07) is 0. The molecule has 88 valence electrons. The van der Waals surface area contributed by atoms with E-state index < -0.39 is 0 Å². The number of hydrogen-bond acceptors (Lipinski definition) is 3. The zero-order valence-corrected chi connectivity index (χ0v) is 9.88. The molecule has 0 saturated heterocycles. The summed E-state index contributed by atoms with van der Waals surface area (Å²) in [5.41, 5.74) is 2.39. The Kier molecular flexibility index (Phi) is 3.27. The predicted octanol–water partition coefficient (Wildman–Crippen LogP) is 2.55. The maximum absolute atomic E-state index is 11.8. The topological polar surface area (TPSA) is 55.0 Å². The average molecular weight is 222 g/mol. The lowest BCUT2D eigenvalue weighted by Gasteiger charge is -2.08. The first-order valence-corrected chi connectivity index (χ1v) is 5.96. The third kappa shape index (κ3) is 1.96. The van der Waals surface area contributed by atoms with Gasteiger partial charge in [-0.3, -0.25) is 5.10 Å². The first kappa shape index (κ1) is 11.2. The van der Waals surface area contributed by atoms with Gasteiger partial charge >= 0.3 is 5.97 Å². The highest BCUT2D eigenvalue weighted by Crippen LogP contribution is 2.35. The van der Waals surface area contributed by atoms with E-state index in [1.165, 1.54) is 12.8 Å². The minimum Gasteiger partial charge on any atom is -0.462 e. The van der Waals surface area contributed by atoms with E-state index in [0.717, 1.165) is 24.2 Å². The van der Waals surface area contributed by atoms with E-state index in [0.29, 0.717) is 18.1 Å². The van der Waals surface area contributed by atoms with Crippen LogP contribution in [0, 0.1) is 6.92 Å². The first-order chi connectivity index (χ1) is 7.74. The zero-order chi connectivity index (χ0) is 11.5. The van der Waals surface area contributed by atoms with Gasteiger partial charge in [-0.1, -0.05) is 12.8 Å². The van der Waals surface area contributed by atoms with Crippen molar-refractivity contribution in [3.05, 3.63) is 17.0 Å². The molecule has 1 heterocycles. The molecule has 1 aliphatic carbocycles. The maximum Gasteiger partial charge on any atom is 0.341 e. The third-order valence-electron chi connectivity index (χ3n) is 3.20. The van der Waals surface area contributed by atoms with Crippen molar-refractivity contribution in [1.29, 1.82) is 0 Å². The molecule has 1 saturated carbocycles. The van der Waals surface area contributed by atoms with Crippen LogP contribution in [0.5, 0.6) is 0 Å². The lowest BCUT2D eigenvalue weighted by atomic mass is 9.99. The summed E-state index contributed by atoms with van der Waals surface area (Å²) in [4.78, 5) is 11.8. The molecule has 0 bridgehead atoms. The van der Waals surface area contributed by atoms with Gasteiger partial charge in [0, 0.05) is 11.6 Å². The number of aromatic nitrogens is 2. The number of carbonyl (C=O) groups is 1. The number of carbonyl (C=O) groups excluding carboxylic acids is 1. The summed E-state index contributed by atoms with van der Waals surface area (Å²) >= 11 is 0. The highest BCUT2D eigenvalue weighted by Gasteiger charge is 2.27. The van der Waals surface area contributed by atoms with E-state index in [2.05, 4.69) is 10.2 Å². The molecule has 0 aromatic carbocycles. The van der Waals surface area contributed by atoms with Crippen LogP contribution in [0.25, 0.3) is 0 Å². The molecule has 0 amide bonds. The number of esters is 1. The second kappa shape index (κ2) is 4.68. The molecule has 4 nitrogen and oxygen atoms in total. The largest absolute Gasteiger partial charge is 0.462 e. The van der Waals surface area contributed by atoms with Crippen LogP contribution in [0.4, 0.5) is 0 Å². The summed E-state index contributed by atoms with van der Waals surface area (Å²) in [6.07, 6.45) is 4.74. The van der Waals surface area contributed by atoms with Crippen LogP contribution in [-0.2, 0) is 4.74 Å².